The van der Waals surface area contributed by atoms with Crippen LogP contribution in [0.5, 0.6) is 5.75 Å². The van der Waals surface area contributed by atoms with Gasteiger partial charge in [0.25, 0.3) is 11.1 Å². The zero-order valence-electron chi connectivity index (χ0n) is 13.1. The Labute approximate surface area is 168 Å². The molecule has 1 aromatic heterocycles. The minimum absolute atomic E-state index is 0.0556. The Balaban J connectivity index is 1.53. The Morgan fingerprint density at radius 3 is 2.50 bits per heavy atom. The van der Waals surface area contributed by atoms with Crippen LogP contribution < -0.4 is 4.74 Å². The van der Waals surface area contributed by atoms with Gasteiger partial charge in [-0.3, -0.25) is 4.79 Å². The zero-order valence-corrected chi connectivity index (χ0v) is 16.2. The predicted molar refractivity (Wildman–Crippen MR) is 102 cm³/mol. The molecular weight excluding hydrogens is 419 g/mol. The molecule has 0 fully saturated rings. The lowest BCUT2D eigenvalue weighted by Crippen LogP contribution is -2.01. The number of halogens is 3. The number of carbonyl (C=O) groups excluding carboxylic acids is 1. The maximum absolute atomic E-state index is 12.1. The Morgan fingerprint density at radius 2 is 1.77 bits per heavy atom. The maximum Gasteiger partial charge on any atom is 0.277 e. The van der Waals surface area contributed by atoms with Crippen molar-refractivity contribution in [2.45, 2.75) is 11.8 Å². The summed E-state index contributed by atoms with van der Waals surface area (Å²) >= 11 is 18.8. The molecule has 3 rings (SSSR count). The topological polar surface area (TPSA) is 65.2 Å². The molecule has 0 saturated heterocycles. The minimum Gasteiger partial charge on any atom is -0.482 e. The molecule has 0 unspecified atom stereocenters. The van der Waals surface area contributed by atoms with E-state index in [2.05, 4.69) is 10.2 Å². The van der Waals surface area contributed by atoms with Crippen LogP contribution in [0.3, 0.4) is 0 Å². The van der Waals surface area contributed by atoms with Crippen LogP contribution in [-0.2, 0) is 6.61 Å². The minimum atomic E-state index is -0.0596. The first-order valence-electron chi connectivity index (χ1n) is 7.33. The number of hydrogen-bond donors (Lipinski definition) is 0. The van der Waals surface area contributed by atoms with Gasteiger partial charge < -0.3 is 9.15 Å². The van der Waals surface area contributed by atoms with Crippen LogP contribution >= 0.6 is 46.6 Å². The van der Waals surface area contributed by atoms with E-state index < -0.39 is 0 Å². The van der Waals surface area contributed by atoms with Gasteiger partial charge in [0.15, 0.2) is 12.4 Å². The van der Waals surface area contributed by atoms with E-state index in [0.717, 1.165) is 11.8 Å². The number of aromatic nitrogens is 2. The molecule has 134 valence electrons. The van der Waals surface area contributed by atoms with Crippen LogP contribution in [-0.4, -0.2) is 21.7 Å². The van der Waals surface area contributed by atoms with Gasteiger partial charge in [-0.1, -0.05) is 46.6 Å². The number of nitrogens with zero attached hydrogens (tertiary/aromatic N) is 2. The van der Waals surface area contributed by atoms with Gasteiger partial charge in [0.05, 0.1) is 10.8 Å². The van der Waals surface area contributed by atoms with Crippen LogP contribution in [0.2, 0.25) is 15.1 Å². The van der Waals surface area contributed by atoms with Gasteiger partial charge in [-0.15, -0.1) is 10.2 Å². The van der Waals surface area contributed by atoms with Gasteiger partial charge in [0.2, 0.25) is 0 Å². The predicted octanol–water partition coefficient (Wildman–Crippen LogP) is 5.58. The van der Waals surface area contributed by atoms with E-state index in [9.17, 15) is 4.79 Å². The molecule has 3 aromatic rings. The van der Waals surface area contributed by atoms with Crippen molar-refractivity contribution in [3.05, 3.63) is 69.0 Å². The molecule has 2 aromatic carbocycles. The Bertz CT molecular complexity index is 916. The summed E-state index contributed by atoms with van der Waals surface area (Å²) in [5.74, 6) is 0.849. The number of hydrogen-bond acceptors (Lipinski definition) is 6. The van der Waals surface area contributed by atoms with Crippen molar-refractivity contribution < 1.29 is 13.9 Å². The molecular formula is C17H11Cl3N2O3S. The highest BCUT2D eigenvalue weighted by Crippen LogP contribution is 2.28. The Hall–Kier alpha value is -1.73. The summed E-state index contributed by atoms with van der Waals surface area (Å²) in [5.41, 5.74) is 0.572. The summed E-state index contributed by atoms with van der Waals surface area (Å²) < 4.78 is 11.0. The van der Waals surface area contributed by atoms with Gasteiger partial charge in [-0.2, -0.15) is 0 Å². The van der Waals surface area contributed by atoms with Crippen molar-refractivity contribution in [2.24, 2.45) is 0 Å². The molecule has 26 heavy (non-hydrogen) atoms. The highest BCUT2D eigenvalue weighted by atomic mass is 35.5. The van der Waals surface area contributed by atoms with E-state index >= 15 is 0 Å². The highest BCUT2D eigenvalue weighted by Gasteiger charge is 2.12. The fourth-order valence-electron chi connectivity index (χ4n) is 1.93. The smallest absolute Gasteiger partial charge is 0.277 e. The Morgan fingerprint density at radius 1 is 1.04 bits per heavy atom. The van der Waals surface area contributed by atoms with Crippen LogP contribution in [0.1, 0.15) is 16.2 Å². The monoisotopic (exact) mass is 428 g/mol. The third-order valence-electron chi connectivity index (χ3n) is 3.19. The fourth-order valence-corrected chi connectivity index (χ4v) is 3.20. The normalized spacial score (nSPS) is 10.7. The quantitative estimate of drug-likeness (QED) is 0.360. The lowest BCUT2D eigenvalue weighted by molar-refractivity contribution is 0.102. The average Bonchev–Trinajstić information content (AvgIpc) is 3.07. The Kier molecular flexibility index (Phi) is 6.43. The van der Waals surface area contributed by atoms with Crippen LogP contribution in [0.4, 0.5) is 0 Å². The summed E-state index contributed by atoms with van der Waals surface area (Å²) in [6, 6.07) is 11.6. The number of benzene rings is 2. The van der Waals surface area contributed by atoms with Crippen LogP contribution in [0.15, 0.2) is 52.1 Å². The van der Waals surface area contributed by atoms with Crippen molar-refractivity contribution in [3.63, 3.8) is 0 Å². The largest absolute Gasteiger partial charge is 0.482 e. The van der Waals surface area contributed by atoms with Gasteiger partial charge in [-0.25, -0.2) is 0 Å². The third kappa shape index (κ3) is 5.14. The second kappa shape index (κ2) is 8.77. The van der Waals surface area contributed by atoms with Crippen molar-refractivity contribution in [3.8, 4) is 5.75 Å². The summed E-state index contributed by atoms with van der Waals surface area (Å²) in [6.45, 7) is 0.0556. The number of ether oxygens (including phenoxy) is 1. The standard InChI is InChI=1S/C17H11Cl3N2O3S/c18-11-3-1-10(2-4-11)14(23)9-26-17-22-21-16(25-17)8-24-15-6-5-12(19)7-13(15)20/h1-7H,8-9H2. The van der Waals surface area contributed by atoms with Crippen LogP contribution in [0, 0.1) is 0 Å². The van der Waals surface area contributed by atoms with E-state index in [4.69, 9.17) is 44.0 Å². The molecule has 9 heteroatoms. The molecule has 0 bridgehead atoms. The molecule has 0 amide bonds. The molecule has 0 N–H and O–H groups in total. The van der Waals surface area contributed by atoms with Gasteiger partial charge >= 0.3 is 0 Å². The van der Waals surface area contributed by atoms with E-state index in [1.165, 1.54) is 0 Å². The zero-order chi connectivity index (χ0) is 18.5. The molecule has 5 nitrogen and oxygen atoms in total. The van der Waals surface area contributed by atoms with E-state index in [1.54, 1.807) is 42.5 Å². The van der Waals surface area contributed by atoms with Crippen LogP contribution in [0.25, 0.3) is 0 Å². The molecule has 0 aliphatic heterocycles. The molecule has 0 aliphatic rings. The number of rotatable bonds is 7. The summed E-state index contributed by atoms with van der Waals surface area (Å²) in [5, 5.41) is 9.54. The van der Waals surface area contributed by atoms with Crippen molar-refractivity contribution in [2.75, 3.05) is 5.75 Å². The maximum atomic E-state index is 12.1. The van der Waals surface area contributed by atoms with E-state index in [-0.39, 0.29) is 29.3 Å². The molecule has 0 saturated carbocycles. The molecule has 0 radical (unpaired) electrons. The fraction of sp³-hybridized carbons (Fsp3) is 0.118. The first-order chi connectivity index (χ1) is 12.5. The second-order valence-corrected chi connectivity index (χ2v) is 7.25. The van der Waals surface area contributed by atoms with Gasteiger partial charge in [0.1, 0.15) is 5.75 Å². The molecule has 0 atom stereocenters. The van der Waals surface area contributed by atoms with Gasteiger partial charge in [-0.05, 0) is 42.5 Å². The SMILES string of the molecule is O=C(CSc1nnc(COc2ccc(Cl)cc2Cl)o1)c1ccc(Cl)cc1. The number of ketones is 1. The van der Waals surface area contributed by atoms with E-state index in [0.29, 0.717) is 26.4 Å². The molecule has 0 spiro atoms. The number of carbonyl (C=O) groups is 1. The lowest BCUT2D eigenvalue weighted by Gasteiger charge is -2.05. The average molecular weight is 430 g/mol. The molecule has 1 heterocycles. The number of thioether (sulfide) groups is 1. The van der Waals surface area contributed by atoms with Crippen molar-refractivity contribution in [1.29, 1.82) is 0 Å². The van der Waals surface area contributed by atoms with Crippen molar-refractivity contribution in [1.82, 2.24) is 10.2 Å². The first kappa shape index (κ1) is 19.0. The summed E-state index contributed by atoms with van der Waals surface area (Å²) in [7, 11) is 0. The number of Topliss-reactive ketones (excluding diaryl/α,β-unsaturated/α-hetero) is 1. The third-order valence-corrected chi connectivity index (χ3v) is 4.79. The lowest BCUT2D eigenvalue weighted by atomic mass is 10.1. The summed E-state index contributed by atoms with van der Waals surface area (Å²) in [6.07, 6.45) is 0. The van der Waals surface area contributed by atoms with Gasteiger partial charge in [0, 0.05) is 15.6 Å². The summed E-state index contributed by atoms with van der Waals surface area (Å²) in [4.78, 5) is 12.1. The highest BCUT2D eigenvalue weighted by molar-refractivity contribution is 7.99. The van der Waals surface area contributed by atoms with Crippen molar-refractivity contribution >= 4 is 52.3 Å². The molecule has 0 aliphatic carbocycles. The first-order valence-corrected chi connectivity index (χ1v) is 9.45. The van der Waals surface area contributed by atoms with E-state index in [1.807, 2.05) is 0 Å². The second-order valence-electron chi connectivity index (χ2n) is 5.04.